The van der Waals surface area contributed by atoms with Gasteiger partial charge in [0.1, 0.15) is 5.69 Å². The highest BCUT2D eigenvalue weighted by Crippen LogP contribution is 2.42. The molecule has 25 heavy (non-hydrogen) atoms. The van der Waals surface area contributed by atoms with Gasteiger partial charge in [-0.25, -0.2) is 4.98 Å². The van der Waals surface area contributed by atoms with Gasteiger partial charge in [0.2, 0.25) is 11.8 Å². The molecule has 6 nitrogen and oxygen atoms in total. The molecule has 0 unspecified atom stereocenters. The maximum absolute atomic E-state index is 12.6. The van der Waals surface area contributed by atoms with Crippen LogP contribution in [-0.2, 0) is 6.18 Å². The maximum Gasteiger partial charge on any atom is 0.451 e. The number of para-hydroxylation sites is 1. The molecule has 128 valence electrons. The summed E-state index contributed by atoms with van der Waals surface area (Å²) in [6.45, 7) is 0. The van der Waals surface area contributed by atoms with E-state index in [4.69, 9.17) is 0 Å². The van der Waals surface area contributed by atoms with Crippen molar-refractivity contribution in [1.29, 1.82) is 0 Å². The summed E-state index contributed by atoms with van der Waals surface area (Å²) in [5, 5.41) is 8.34. The number of alkyl halides is 3. The molecule has 0 saturated heterocycles. The summed E-state index contributed by atoms with van der Waals surface area (Å²) in [5.74, 6) is -2.08. The smallest absolute Gasteiger partial charge is 0.288 e. The Balaban J connectivity index is 1.67. The summed E-state index contributed by atoms with van der Waals surface area (Å²) >= 11 is 0. The van der Waals surface area contributed by atoms with E-state index >= 15 is 0 Å². The largest absolute Gasteiger partial charge is 0.451 e. The van der Waals surface area contributed by atoms with Gasteiger partial charge in [-0.05, 0) is 36.5 Å². The van der Waals surface area contributed by atoms with Gasteiger partial charge in [0, 0.05) is 5.39 Å². The summed E-state index contributed by atoms with van der Waals surface area (Å²) in [7, 11) is 0. The number of carbonyl (C=O) groups is 1. The van der Waals surface area contributed by atoms with Crippen LogP contribution >= 0.6 is 0 Å². The van der Waals surface area contributed by atoms with Crippen LogP contribution in [0.15, 0.2) is 30.3 Å². The number of benzene rings is 1. The average molecular weight is 347 g/mol. The van der Waals surface area contributed by atoms with Crippen LogP contribution < -0.4 is 5.32 Å². The van der Waals surface area contributed by atoms with E-state index in [9.17, 15) is 18.0 Å². The second-order valence-corrected chi connectivity index (χ2v) is 5.85. The van der Waals surface area contributed by atoms with E-state index in [2.05, 4.69) is 20.4 Å². The molecule has 2 heterocycles. The molecule has 1 fully saturated rings. The maximum atomic E-state index is 12.6. The van der Waals surface area contributed by atoms with Crippen LogP contribution in [0.5, 0.6) is 0 Å². The van der Waals surface area contributed by atoms with E-state index in [-0.39, 0.29) is 11.6 Å². The highest BCUT2D eigenvalue weighted by Gasteiger charge is 2.36. The van der Waals surface area contributed by atoms with Gasteiger partial charge < -0.3 is 0 Å². The molecular weight excluding hydrogens is 335 g/mol. The third-order valence-corrected chi connectivity index (χ3v) is 3.96. The molecular formula is C16H12F3N5O. The average Bonchev–Trinajstić information content (AvgIpc) is 3.31. The van der Waals surface area contributed by atoms with Crippen molar-refractivity contribution in [2.24, 2.45) is 0 Å². The minimum Gasteiger partial charge on any atom is -0.288 e. The number of hydrogen-bond donors (Lipinski definition) is 2. The molecule has 0 radical (unpaired) electrons. The molecule has 0 bridgehead atoms. The van der Waals surface area contributed by atoms with Gasteiger partial charge in [-0.3, -0.25) is 15.2 Å². The zero-order valence-electron chi connectivity index (χ0n) is 12.8. The first-order valence-electron chi connectivity index (χ1n) is 7.62. The Hall–Kier alpha value is -2.97. The van der Waals surface area contributed by atoms with Crippen molar-refractivity contribution in [1.82, 2.24) is 20.2 Å². The van der Waals surface area contributed by atoms with Crippen molar-refractivity contribution in [3.63, 3.8) is 0 Å². The van der Waals surface area contributed by atoms with Crippen molar-refractivity contribution in [2.75, 3.05) is 5.32 Å². The minimum atomic E-state index is -4.66. The van der Waals surface area contributed by atoms with Crippen LogP contribution in [0, 0.1) is 0 Å². The number of aromatic nitrogens is 4. The van der Waals surface area contributed by atoms with Gasteiger partial charge >= 0.3 is 6.18 Å². The molecule has 9 heteroatoms. The van der Waals surface area contributed by atoms with Crippen molar-refractivity contribution < 1.29 is 18.0 Å². The predicted molar refractivity (Wildman–Crippen MR) is 83.1 cm³/mol. The fourth-order valence-electron chi connectivity index (χ4n) is 2.62. The van der Waals surface area contributed by atoms with E-state index in [1.165, 1.54) is 0 Å². The van der Waals surface area contributed by atoms with Gasteiger partial charge in [-0.1, -0.05) is 18.2 Å². The van der Waals surface area contributed by atoms with Gasteiger partial charge in [0.25, 0.3) is 5.91 Å². The Kier molecular flexibility index (Phi) is 3.45. The van der Waals surface area contributed by atoms with E-state index < -0.39 is 23.9 Å². The number of hydrogen-bond acceptors (Lipinski definition) is 4. The number of rotatable bonds is 3. The SMILES string of the molecule is O=C(Nc1n[nH]c(C(F)(F)F)n1)c1nc2ccccc2cc1C1CC1. The molecule has 0 spiro atoms. The van der Waals surface area contributed by atoms with Crippen molar-refractivity contribution in [3.8, 4) is 0 Å². The third kappa shape index (κ3) is 3.04. The number of halogens is 3. The van der Waals surface area contributed by atoms with Gasteiger partial charge in [0.15, 0.2) is 0 Å². The summed E-state index contributed by atoms with van der Waals surface area (Å²) in [5.41, 5.74) is 1.63. The molecule has 0 aliphatic heterocycles. The van der Waals surface area contributed by atoms with Crippen LogP contribution in [-0.4, -0.2) is 26.1 Å². The van der Waals surface area contributed by atoms with Crippen LogP contribution in [0.4, 0.5) is 19.1 Å². The Morgan fingerprint density at radius 1 is 1.20 bits per heavy atom. The molecule has 1 saturated carbocycles. The molecule has 2 aromatic heterocycles. The number of H-pyrrole nitrogens is 1. The highest BCUT2D eigenvalue weighted by atomic mass is 19.4. The summed E-state index contributed by atoms with van der Waals surface area (Å²) in [6, 6.07) is 9.28. The number of fused-ring (bicyclic) bond motifs is 1. The lowest BCUT2D eigenvalue weighted by Gasteiger charge is -2.09. The first-order chi connectivity index (χ1) is 11.9. The molecule has 1 aromatic carbocycles. The normalized spacial score (nSPS) is 14.7. The number of amides is 1. The van der Waals surface area contributed by atoms with Gasteiger partial charge in [-0.2, -0.15) is 18.2 Å². The lowest BCUT2D eigenvalue weighted by Crippen LogP contribution is -2.17. The van der Waals surface area contributed by atoms with E-state index in [0.29, 0.717) is 5.52 Å². The molecule has 0 atom stereocenters. The van der Waals surface area contributed by atoms with Gasteiger partial charge in [-0.15, -0.1) is 5.10 Å². The number of anilines is 1. The molecule has 3 aromatic rings. The fourth-order valence-corrected chi connectivity index (χ4v) is 2.62. The second kappa shape index (κ2) is 5.54. The monoisotopic (exact) mass is 347 g/mol. The van der Waals surface area contributed by atoms with E-state index in [0.717, 1.165) is 23.8 Å². The zero-order valence-corrected chi connectivity index (χ0v) is 12.8. The Morgan fingerprint density at radius 2 is 1.96 bits per heavy atom. The van der Waals surface area contributed by atoms with E-state index in [1.54, 1.807) is 17.2 Å². The van der Waals surface area contributed by atoms with Crippen molar-refractivity contribution in [2.45, 2.75) is 24.9 Å². The fraction of sp³-hybridized carbons (Fsp3) is 0.250. The summed E-state index contributed by atoms with van der Waals surface area (Å²) in [4.78, 5) is 20.2. The summed E-state index contributed by atoms with van der Waals surface area (Å²) in [6.07, 6.45) is -2.74. The number of carbonyl (C=O) groups excluding carboxylic acids is 1. The number of nitrogens with zero attached hydrogens (tertiary/aromatic N) is 3. The number of nitrogens with one attached hydrogen (secondary N) is 2. The first-order valence-corrected chi connectivity index (χ1v) is 7.62. The molecule has 4 rings (SSSR count). The van der Waals surface area contributed by atoms with Gasteiger partial charge in [0.05, 0.1) is 5.52 Å². The second-order valence-electron chi connectivity index (χ2n) is 5.85. The Morgan fingerprint density at radius 3 is 2.64 bits per heavy atom. The lowest BCUT2D eigenvalue weighted by atomic mass is 10.0. The molecule has 2 N–H and O–H groups in total. The highest BCUT2D eigenvalue weighted by molar-refractivity contribution is 6.04. The molecule has 1 aliphatic rings. The van der Waals surface area contributed by atoms with Crippen LogP contribution in [0.3, 0.4) is 0 Å². The molecule has 1 amide bonds. The topological polar surface area (TPSA) is 83.6 Å². The number of pyridine rings is 1. The lowest BCUT2D eigenvalue weighted by molar-refractivity contribution is -0.144. The first kappa shape index (κ1) is 15.6. The van der Waals surface area contributed by atoms with Crippen molar-refractivity contribution in [3.05, 3.63) is 47.4 Å². The third-order valence-electron chi connectivity index (χ3n) is 3.96. The Bertz CT molecular complexity index is 962. The zero-order chi connectivity index (χ0) is 17.6. The summed E-state index contributed by atoms with van der Waals surface area (Å²) < 4.78 is 37.7. The standard InChI is InChI=1S/C16H12F3N5O/c17-16(18,19)14-22-15(24-23-14)21-13(25)12-10(8-5-6-8)7-9-3-1-2-4-11(9)20-12/h1-4,7-8H,5-6H2,(H2,21,22,23,24,25). The number of aromatic amines is 1. The quantitative estimate of drug-likeness (QED) is 0.759. The Labute approximate surface area is 139 Å². The van der Waals surface area contributed by atoms with Crippen molar-refractivity contribution >= 4 is 22.8 Å². The van der Waals surface area contributed by atoms with Crippen LogP contribution in [0.2, 0.25) is 0 Å². The van der Waals surface area contributed by atoms with E-state index in [1.807, 2.05) is 18.2 Å². The van der Waals surface area contributed by atoms with Crippen LogP contribution in [0.25, 0.3) is 10.9 Å². The molecule has 1 aliphatic carbocycles. The predicted octanol–water partition coefficient (Wildman–Crippen LogP) is 3.50. The minimum absolute atomic E-state index is 0.194. The van der Waals surface area contributed by atoms with Crippen LogP contribution in [0.1, 0.15) is 40.6 Å².